The second-order valence-corrected chi connectivity index (χ2v) is 4.88. The van der Waals surface area contributed by atoms with Crippen molar-refractivity contribution >= 4 is 17.1 Å². The molecule has 0 saturated carbocycles. The fourth-order valence-electron chi connectivity index (χ4n) is 2.17. The molecule has 0 fully saturated rings. The van der Waals surface area contributed by atoms with Crippen molar-refractivity contribution in [2.24, 2.45) is 5.73 Å². The number of benzene rings is 1. The van der Waals surface area contributed by atoms with Gasteiger partial charge in [-0.2, -0.15) is 0 Å². The summed E-state index contributed by atoms with van der Waals surface area (Å²) < 4.78 is 2.07. The van der Waals surface area contributed by atoms with E-state index in [1.165, 1.54) is 0 Å². The van der Waals surface area contributed by atoms with E-state index in [1.807, 2.05) is 42.7 Å². The number of hydrogen-bond donors (Lipinski definition) is 1. The number of nitrogens with two attached hydrogens (primary N) is 1. The molecular formula is C15H14ClN3. The summed E-state index contributed by atoms with van der Waals surface area (Å²) in [6.07, 6.45) is 4.60. The Kier molecular flexibility index (Phi) is 3.23. The minimum Gasteiger partial charge on any atom is -0.326 e. The van der Waals surface area contributed by atoms with Crippen molar-refractivity contribution in [1.29, 1.82) is 0 Å². The summed E-state index contributed by atoms with van der Waals surface area (Å²) in [7, 11) is 0. The Bertz CT molecular complexity index is 718. The first-order valence-electron chi connectivity index (χ1n) is 6.16. The standard InChI is InChI=1S/C15H14ClN3/c16-14-4-2-1-3-12(14)8-15-18-10-13-7-11(9-17)5-6-19(13)15/h1-7,10H,8-9,17H2. The number of fused-ring (bicyclic) bond motifs is 1. The molecule has 0 spiro atoms. The third kappa shape index (κ3) is 2.35. The van der Waals surface area contributed by atoms with Gasteiger partial charge in [-0.25, -0.2) is 4.98 Å². The zero-order valence-electron chi connectivity index (χ0n) is 10.4. The molecule has 0 aliphatic carbocycles. The Hall–Kier alpha value is -1.84. The van der Waals surface area contributed by atoms with Crippen LogP contribution in [0.2, 0.25) is 5.02 Å². The van der Waals surface area contributed by atoms with Gasteiger partial charge in [0.25, 0.3) is 0 Å². The van der Waals surface area contributed by atoms with Gasteiger partial charge < -0.3 is 10.1 Å². The van der Waals surface area contributed by atoms with Crippen LogP contribution in [0.25, 0.3) is 5.52 Å². The maximum absolute atomic E-state index is 6.19. The van der Waals surface area contributed by atoms with Gasteiger partial charge >= 0.3 is 0 Å². The lowest BCUT2D eigenvalue weighted by atomic mass is 10.1. The van der Waals surface area contributed by atoms with E-state index < -0.39 is 0 Å². The molecule has 3 rings (SSSR count). The van der Waals surface area contributed by atoms with Gasteiger partial charge in [0.2, 0.25) is 0 Å². The number of aromatic nitrogens is 2. The largest absolute Gasteiger partial charge is 0.326 e. The van der Waals surface area contributed by atoms with Crippen LogP contribution >= 0.6 is 11.6 Å². The maximum Gasteiger partial charge on any atom is 0.117 e. The first-order valence-corrected chi connectivity index (χ1v) is 6.54. The molecule has 0 unspecified atom stereocenters. The van der Waals surface area contributed by atoms with E-state index in [1.54, 1.807) is 0 Å². The van der Waals surface area contributed by atoms with Gasteiger partial charge in [-0.1, -0.05) is 29.8 Å². The van der Waals surface area contributed by atoms with Crippen molar-refractivity contribution in [2.75, 3.05) is 0 Å². The van der Waals surface area contributed by atoms with E-state index in [0.29, 0.717) is 6.54 Å². The van der Waals surface area contributed by atoms with Gasteiger partial charge in [0.15, 0.2) is 0 Å². The Morgan fingerprint density at radius 3 is 2.84 bits per heavy atom. The number of pyridine rings is 1. The Balaban J connectivity index is 2.00. The molecular weight excluding hydrogens is 258 g/mol. The van der Waals surface area contributed by atoms with Crippen molar-refractivity contribution in [2.45, 2.75) is 13.0 Å². The van der Waals surface area contributed by atoms with Crippen molar-refractivity contribution < 1.29 is 0 Å². The monoisotopic (exact) mass is 271 g/mol. The molecule has 0 aliphatic rings. The fraction of sp³-hybridized carbons (Fsp3) is 0.133. The topological polar surface area (TPSA) is 43.3 Å². The van der Waals surface area contributed by atoms with Crippen LogP contribution in [0.15, 0.2) is 48.8 Å². The molecule has 3 aromatic rings. The summed E-state index contributed by atoms with van der Waals surface area (Å²) in [5.74, 6) is 0.978. The Morgan fingerprint density at radius 1 is 1.21 bits per heavy atom. The lowest BCUT2D eigenvalue weighted by Gasteiger charge is -2.05. The van der Waals surface area contributed by atoms with Crippen LogP contribution in [-0.2, 0) is 13.0 Å². The molecule has 2 aromatic heterocycles. The normalized spacial score (nSPS) is 11.1. The predicted molar refractivity (Wildman–Crippen MR) is 77.3 cm³/mol. The molecule has 4 heteroatoms. The number of hydrogen-bond acceptors (Lipinski definition) is 2. The number of nitrogens with zero attached hydrogens (tertiary/aromatic N) is 2. The third-order valence-corrected chi connectivity index (χ3v) is 3.58. The van der Waals surface area contributed by atoms with Crippen LogP contribution in [0.1, 0.15) is 17.0 Å². The van der Waals surface area contributed by atoms with Gasteiger partial charge in [0, 0.05) is 24.2 Å². The van der Waals surface area contributed by atoms with E-state index in [-0.39, 0.29) is 0 Å². The highest BCUT2D eigenvalue weighted by atomic mass is 35.5. The van der Waals surface area contributed by atoms with Crippen LogP contribution in [0.5, 0.6) is 0 Å². The Morgan fingerprint density at radius 2 is 2.05 bits per heavy atom. The summed E-state index contributed by atoms with van der Waals surface area (Å²) >= 11 is 6.19. The zero-order chi connectivity index (χ0) is 13.2. The molecule has 96 valence electrons. The van der Waals surface area contributed by atoms with Gasteiger partial charge in [0.1, 0.15) is 5.82 Å². The SMILES string of the molecule is NCc1ccn2c(Cc3ccccc3Cl)ncc2c1. The van der Waals surface area contributed by atoms with Crippen molar-refractivity contribution in [1.82, 2.24) is 9.38 Å². The number of rotatable bonds is 3. The highest BCUT2D eigenvalue weighted by Crippen LogP contribution is 2.19. The Labute approximate surface area is 116 Å². The van der Waals surface area contributed by atoms with Crippen LogP contribution in [-0.4, -0.2) is 9.38 Å². The minimum absolute atomic E-state index is 0.543. The molecule has 19 heavy (non-hydrogen) atoms. The van der Waals surface area contributed by atoms with Gasteiger partial charge in [-0.3, -0.25) is 0 Å². The average molecular weight is 272 g/mol. The predicted octanol–water partition coefficient (Wildman–Crippen LogP) is 3.04. The van der Waals surface area contributed by atoms with Crippen LogP contribution < -0.4 is 5.73 Å². The first-order chi connectivity index (χ1) is 9.28. The van der Waals surface area contributed by atoms with Crippen LogP contribution in [0.3, 0.4) is 0 Å². The summed E-state index contributed by atoms with van der Waals surface area (Å²) in [5.41, 5.74) is 8.90. The molecule has 2 heterocycles. The minimum atomic E-state index is 0.543. The van der Waals surface area contributed by atoms with Gasteiger partial charge in [0.05, 0.1) is 11.7 Å². The molecule has 0 bridgehead atoms. The number of halogens is 1. The molecule has 0 aliphatic heterocycles. The molecule has 3 nitrogen and oxygen atoms in total. The van der Waals surface area contributed by atoms with E-state index in [0.717, 1.165) is 33.9 Å². The maximum atomic E-state index is 6.19. The zero-order valence-corrected chi connectivity index (χ0v) is 11.1. The van der Waals surface area contributed by atoms with Crippen molar-refractivity contribution in [3.63, 3.8) is 0 Å². The molecule has 0 saturated heterocycles. The van der Waals surface area contributed by atoms with Gasteiger partial charge in [-0.05, 0) is 29.3 Å². The quantitative estimate of drug-likeness (QED) is 0.796. The first kappa shape index (κ1) is 12.2. The lowest BCUT2D eigenvalue weighted by molar-refractivity contribution is 0.954. The van der Waals surface area contributed by atoms with Gasteiger partial charge in [-0.15, -0.1) is 0 Å². The molecule has 2 N–H and O–H groups in total. The van der Waals surface area contributed by atoms with Crippen molar-refractivity contribution in [3.05, 3.63) is 70.8 Å². The average Bonchev–Trinajstić information content (AvgIpc) is 2.83. The fourth-order valence-corrected chi connectivity index (χ4v) is 2.37. The summed E-state index contributed by atoms with van der Waals surface area (Å²) in [4.78, 5) is 4.47. The molecule has 0 radical (unpaired) electrons. The molecule has 0 atom stereocenters. The number of imidazole rings is 1. The summed E-state index contributed by atoms with van der Waals surface area (Å²) in [5, 5.41) is 0.776. The summed E-state index contributed by atoms with van der Waals surface area (Å²) in [6, 6.07) is 11.9. The second-order valence-electron chi connectivity index (χ2n) is 4.48. The van der Waals surface area contributed by atoms with E-state index in [4.69, 9.17) is 17.3 Å². The van der Waals surface area contributed by atoms with Crippen LogP contribution in [0, 0.1) is 0 Å². The summed E-state index contributed by atoms with van der Waals surface area (Å²) in [6.45, 7) is 0.543. The highest BCUT2D eigenvalue weighted by Gasteiger charge is 2.07. The lowest BCUT2D eigenvalue weighted by Crippen LogP contribution is -2.00. The molecule has 0 amide bonds. The smallest absolute Gasteiger partial charge is 0.117 e. The second kappa shape index (κ2) is 5.03. The molecule has 1 aromatic carbocycles. The van der Waals surface area contributed by atoms with E-state index in [9.17, 15) is 0 Å². The van der Waals surface area contributed by atoms with E-state index >= 15 is 0 Å². The highest BCUT2D eigenvalue weighted by molar-refractivity contribution is 6.31. The van der Waals surface area contributed by atoms with E-state index in [2.05, 4.69) is 15.5 Å². The third-order valence-electron chi connectivity index (χ3n) is 3.22. The van der Waals surface area contributed by atoms with Crippen LogP contribution in [0.4, 0.5) is 0 Å². The van der Waals surface area contributed by atoms with Crippen molar-refractivity contribution in [3.8, 4) is 0 Å².